The summed E-state index contributed by atoms with van der Waals surface area (Å²) in [6, 6.07) is 11.4. The number of rotatable bonds is 4. The molecule has 0 saturated heterocycles. The zero-order chi connectivity index (χ0) is 14.7. The van der Waals surface area contributed by atoms with Gasteiger partial charge in [-0.15, -0.1) is 0 Å². The van der Waals surface area contributed by atoms with Crippen molar-refractivity contribution in [3.8, 4) is 0 Å². The van der Waals surface area contributed by atoms with Crippen molar-refractivity contribution in [3.63, 3.8) is 0 Å². The number of fused-ring (bicyclic) bond motifs is 1. The smallest absolute Gasteiger partial charge is 0.190 e. The molecule has 100 valence electrons. The van der Waals surface area contributed by atoms with Crippen LogP contribution in [-0.2, 0) is 9.59 Å². The van der Waals surface area contributed by atoms with Gasteiger partial charge in [-0.1, -0.05) is 55.3 Å². The molecule has 0 amide bonds. The van der Waals surface area contributed by atoms with Crippen LogP contribution in [0.4, 0.5) is 0 Å². The fourth-order valence-electron chi connectivity index (χ4n) is 2.05. The molecule has 0 unspecified atom stereocenters. The van der Waals surface area contributed by atoms with Crippen molar-refractivity contribution < 1.29 is 9.59 Å². The maximum atomic E-state index is 11.8. The van der Waals surface area contributed by atoms with Crippen LogP contribution < -0.4 is 0 Å². The van der Waals surface area contributed by atoms with Crippen molar-refractivity contribution in [2.45, 2.75) is 11.8 Å². The first-order valence-electron chi connectivity index (χ1n) is 6.11. The minimum atomic E-state index is -0.208. The van der Waals surface area contributed by atoms with E-state index < -0.39 is 0 Å². The Kier molecular flexibility index (Phi) is 4.20. The lowest BCUT2D eigenvalue weighted by molar-refractivity contribution is -0.110. The van der Waals surface area contributed by atoms with Gasteiger partial charge >= 0.3 is 0 Å². The van der Waals surface area contributed by atoms with Gasteiger partial charge < -0.3 is 0 Å². The number of benzene rings is 2. The van der Waals surface area contributed by atoms with Crippen LogP contribution in [0, 0.1) is 0 Å². The number of thioether (sulfide) groups is 1. The molecule has 2 aromatic rings. The molecule has 0 saturated carbocycles. The molecule has 0 fully saturated rings. The number of hydrogen-bond donors (Lipinski definition) is 0. The maximum absolute atomic E-state index is 11.8. The van der Waals surface area contributed by atoms with Gasteiger partial charge in [0.05, 0.1) is 0 Å². The first-order valence-corrected chi connectivity index (χ1v) is 6.92. The highest BCUT2D eigenvalue weighted by molar-refractivity contribution is 8.13. The lowest BCUT2D eigenvalue weighted by Crippen LogP contribution is -1.97. The molecule has 0 aliphatic carbocycles. The molecule has 0 aliphatic heterocycles. The summed E-state index contributed by atoms with van der Waals surface area (Å²) in [5.74, 6) is -0.208. The van der Waals surface area contributed by atoms with Gasteiger partial charge in [0, 0.05) is 22.8 Å². The number of carbonyl (C=O) groups excluding carboxylic acids is 2. The molecule has 2 aromatic carbocycles. The van der Waals surface area contributed by atoms with Crippen LogP contribution >= 0.6 is 11.8 Å². The van der Waals surface area contributed by atoms with Crippen molar-refractivity contribution >= 4 is 39.0 Å². The topological polar surface area (TPSA) is 34.1 Å². The van der Waals surface area contributed by atoms with E-state index in [-0.39, 0.29) is 10.9 Å². The van der Waals surface area contributed by atoms with Gasteiger partial charge in [-0.2, -0.15) is 0 Å². The molecule has 0 aromatic heterocycles. The summed E-state index contributed by atoms with van der Waals surface area (Å²) in [6.45, 7) is 8.86. The third-order valence-corrected chi connectivity index (χ3v) is 3.78. The molecule has 0 atom stereocenters. The summed E-state index contributed by atoms with van der Waals surface area (Å²) in [4.78, 5) is 24.0. The second kappa shape index (κ2) is 5.88. The van der Waals surface area contributed by atoms with Crippen molar-refractivity contribution in [1.82, 2.24) is 0 Å². The monoisotopic (exact) mass is 282 g/mol. The molecule has 0 N–H and O–H groups in total. The number of ketones is 1. The molecule has 0 heterocycles. The molecule has 0 bridgehead atoms. The second-order valence-corrected chi connectivity index (χ2v) is 5.52. The Hall–Kier alpha value is -2.13. The minimum absolute atomic E-state index is 0.00737. The van der Waals surface area contributed by atoms with E-state index in [4.69, 9.17) is 0 Å². The molecule has 0 aliphatic rings. The van der Waals surface area contributed by atoms with Crippen molar-refractivity contribution in [3.05, 3.63) is 61.2 Å². The molecule has 0 spiro atoms. The summed E-state index contributed by atoms with van der Waals surface area (Å²) < 4.78 is 0. The zero-order valence-electron chi connectivity index (χ0n) is 11.2. The Morgan fingerprint density at radius 3 is 2.40 bits per heavy atom. The Balaban J connectivity index is 2.71. The molecule has 3 heteroatoms. The molecular weight excluding hydrogens is 268 g/mol. The van der Waals surface area contributed by atoms with Gasteiger partial charge in [-0.05, 0) is 23.1 Å². The molecule has 20 heavy (non-hydrogen) atoms. The van der Waals surface area contributed by atoms with Gasteiger partial charge in [-0.3, -0.25) is 9.59 Å². The predicted molar refractivity (Wildman–Crippen MR) is 84.7 cm³/mol. The van der Waals surface area contributed by atoms with Gasteiger partial charge in [0.1, 0.15) is 0 Å². The van der Waals surface area contributed by atoms with E-state index in [1.54, 1.807) is 0 Å². The Morgan fingerprint density at radius 2 is 1.80 bits per heavy atom. The van der Waals surface area contributed by atoms with Crippen molar-refractivity contribution in [2.75, 3.05) is 0 Å². The highest BCUT2D eigenvalue weighted by Crippen LogP contribution is 2.34. The van der Waals surface area contributed by atoms with Crippen LogP contribution in [0.15, 0.2) is 60.5 Å². The third kappa shape index (κ3) is 2.73. The van der Waals surface area contributed by atoms with Crippen LogP contribution in [0.1, 0.15) is 12.5 Å². The highest BCUT2D eigenvalue weighted by atomic mass is 32.2. The van der Waals surface area contributed by atoms with Gasteiger partial charge in [-0.25, -0.2) is 0 Å². The van der Waals surface area contributed by atoms with Crippen LogP contribution in [0.3, 0.4) is 0 Å². The van der Waals surface area contributed by atoms with Crippen LogP contribution in [0.5, 0.6) is 0 Å². The fourth-order valence-corrected chi connectivity index (χ4v) is 2.84. The lowest BCUT2D eigenvalue weighted by Gasteiger charge is -2.11. The Labute approximate surface area is 122 Å². The summed E-state index contributed by atoms with van der Waals surface area (Å²) in [6.07, 6.45) is 1.25. The quantitative estimate of drug-likeness (QED) is 0.621. The summed E-state index contributed by atoms with van der Waals surface area (Å²) in [5.41, 5.74) is 1.14. The number of carbonyl (C=O) groups is 2. The van der Waals surface area contributed by atoms with Crippen LogP contribution in [-0.4, -0.2) is 10.9 Å². The van der Waals surface area contributed by atoms with E-state index in [0.717, 1.165) is 33.0 Å². The minimum Gasteiger partial charge on any atom is -0.289 e. The second-order valence-electron chi connectivity index (χ2n) is 4.30. The highest BCUT2D eigenvalue weighted by Gasteiger charge is 2.13. The fraction of sp³-hybridized carbons (Fsp3) is 0.0588. The predicted octanol–water partition coefficient (Wildman–Crippen LogP) is 4.25. The van der Waals surface area contributed by atoms with Crippen LogP contribution in [0.2, 0.25) is 0 Å². The van der Waals surface area contributed by atoms with E-state index >= 15 is 0 Å². The lowest BCUT2D eigenvalue weighted by atomic mass is 9.97. The standard InChI is InChI=1S/C17H14O2S/c1-4-15(19)11(2)14-9-5-7-13-8-6-10-16(17(13)14)20-12(3)18/h4-10H,1-2H2,3H3. The Bertz CT molecular complexity index is 724. The summed E-state index contributed by atoms with van der Waals surface area (Å²) in [7, 11) is 0. The Morgan fingerprint density at radius 1 is 1.15 bits per heavy atom. The molecular formula is C17H14O2S. The summed E-state index contributed by atoms with van der Waals surface area (Å²) >= 11 is 1.16. The first-order chi connectivity index (χ1) is 9.54. The van der Waals surface area contributed by atoms with Gasteiger partial charge in [0.2, 0.25) is 0 Å². The average Bonchev–Trinajstić information content (AvgIpc) is 2.44. The van der Waals surface area contributed by atoms with E-state index in [2.05, 4.69) is 13.2 Å². The zero-order valence-corrected chi connectivity index (χ0v) is 12.0. The van der Waals surface area contributed by atoms with E-state index in [1.165, 1.54) is 13.0 Å². The third-order valence-electron chi connectivity index (χ3n) is 2.93. The normalized spacial score (nSPS) is 10.2. The maximum Gasteiger partial charge on any atom is 0.190 e. The van der Waals surface area contributed by atoms with Crippen molar-refractivity contribution in [1.29, 1.82) is 0 Å². The SMILES string of the molecule is C=CC(=O)C(=C)c1cccc2cccc(SC(C)=O)c12. The van der Waals surface area contributed by atoms with E-state index in [9.17, 15) is 9.59 Å². The van der Waals surface area contributed by atoms with E-state index in [0.29, 0.717) is 5.57 Å². The van der Waals surface area contributed by atoms with Gasteiger partial charge in [0.25, 0.3) is 0 Å². The molecule has 2 nitrogen and oxygen atoms in total. The van der Waals surface area contributed by atoms with E-state index in [1.807, 2.05) is 36.4 Å². The van der Waals surface area contributed by atoms with Gasteiger partial charge in [0.15, 0.2) is 10.9 Å². The number of hydrogen-bond acceptors (Lipinski definition) is 3. The largest absolute Gasteiger partial charge is 0.289 e. The molecule has 0 radical (unpaired) electrons. The molecule has 2 rings (SSSR count). The summed E-state index contributed by atoms with van der Waals surface area (Å²) in [5, 5.41) is 1.87. The number of allylic oxidation sites excluding steroid dienone is 2. The first kappa shape index (κ1) is 14.3. The average molecular weight is 282 g/mol. The van der Waals surface area contributed by atoms with Crippen molar-refractivity contribution in [2.24, 2.45) is 0 Å². The van der Waals surface area contributed by atoms with Crippen LogP contribution in [0.25, 0.3) is 16.3 Å².